The van der Waals surface area contributed by atoms with Crippen molar-refractivity contribution < 1.29 is 14.3 Å². The second kappa shape index (κ2) is 7.83. The van der Waals surface area contributed by atoms with Crippen LogP contribution >= 0.6 is 0 Å². The van der Waals surface area contributed by atoms with Gasteiger partial charge in [0, 0.05) is 6.20 Å². The maximum absolute atomic E-state index is 12.0. The third-order valence-corrected chi connectivity index (χ3v) is 3.26. The van der Waals surface area contributed by atoms with Gasteiger partial charge in [0.25, 0.3) is 0 Å². The number of hydrogen-bond donors (Lipinski definition) is 4. The first-order chi connectivity index (χ1) is 12.6. The van der Waals surface area contributed by atoms with E-state index in [9.17, 15) is 9.59 Å². The Hall–Kier alpha value is -3.82. The summed E-state index contributed by atoms with van der Waals surface area (Å²) in [6.45, 7) is 0.0551. The minimum absolute atomic E-state index is 0.0551. The lowest BCUT2D eigenvalue weighted by Crippen LogP contribution is -2.29. The number of aromatic amines is 2. The van der Waals surface area contributed by atoms with Crippen molar-refractivity contribution in [2.45, 2.75) is 6.54 Å². The lowest BCUT2D eigenvalue weighted by molar-refractivity contribution is 0.251. The molecule has 0 aliphatic carbocycles. The van der Waals surface area contributed by atoms with E-state index in [1.807, 2.05) is 0 Å². The molecule has 26 heavy (non-hydrogen) atoms. The van der Waals surface area contributed by atoms with Crippen molar-refractivity contribution in [3.05, 3.63) is 58.9 Å². The van der Waals surface area contributed by atoms with Crippen molar-refractivity contribution in [3.63, 3.8) is 0 Å². The average Bonchev–Trinajstić information content (AvgIpc) is 3.08. The number of amides is 2. The van der Waals surface area contributed by atoms with Crippen LogP contribution in [0.5, 0.6) is 17.4 Å². The molecule has 0 bridgehead atoms. The number of benzene rings is 1. The molecule has 3 aromatic rings. The molecule has 10 heteroatoms. The van der Waals surface area contributed by atoms with Crippen molar-refractivity contribution in [3.8, 4) is 17.4 Å². The predicted molar refractivity (Wildman–Crippen MR) is 92.4 cm³/mol. The third-order valence-electron chi connectivity index (χ3n) is 3.26. The maximum atomic E-state index is 12.0. The van der Waals surface area contributed by atoms with Gasteiger partial charge in [-0.05, 0) is 36.4 Å². The second-order valence-electron chi connectivity index (χ2n) is 5.07. The summed E-state index contributed by atoms with van der Waals surface area (Å²) in [5.41, 5.74) is -0.0546. The number of pyridine rings is 1. The van der Waals surface area contributed by atoms with Crippen LogP contribution in [0, 0.1) is 0 Å². The topological polar surface area (TPSA) is 134 Å². The van der Waals surface area contributed by atoms with Gasteiger partial charge in [-0.2, -0.15) is 5.10 Å². The van der Waals surface area contributed by atoms with E-state index in [-0.39, 0.29) is 12.4 Å². The molecule has 4 N–H and O–H groups in total. The molecule has 2 aromatic heterocycles. The van der Waals surface area contributed by atoms with Gasteiger partial charge in [0.05, 0.1) is 13.7 Å². The smallest absolute Gasteiger partial charge is 0.340 e. The van der Waals surface area contributed by atoms with E-state index in [0.29, 0.717) is 23.0 Å². The molecule has 0 radical (unpaired) electrons. The van der Waals surface area contributed by atoms with Crippen LogP contribution in [0.3, 0.4) is 0 Å². The number of H-pyrrole nitrogens is 2. The molecule has 10 nitrogen and oxygen atoms in total. The van der Waals surface area contributed by atoms with Crippen LogP contribution in [0.1, 0.15) is 5.82 Å². The van der Waals surface area contributed by atoms with E-state index in [1.165, 1.54) is 0 Å². The van der Waals surface area contributed by atoms with Gasteiger partial charge < -0.3 is 20.1 Å². The predicted octanol–water partition coefficient (Wildman–Crippen LogP) is 1.62. The highest BCUT2D eigenvalue weighted by Gasteiger charge is 2.10. The Morgan fingerprint density at radius 1 is 1.19 bits per heavy atom. The lowest BCUT2D eigenvalue weighted by Gasteiger charge is -2.11. The van der Waals surface area contributed by atoms with Gasteiger partial charge in [0.2, 0.25) is 5.88 Å². The summed E-state index contributed by atoms with van der Waals surface area (Å²) in [7, 11) is 1.58. The third kappa shape index (κ3) is 4.38. The molecule has 0 saturated carbocycles. The normalized spacial score (nSPS) is 10.2. The van der Waals surface area contributed by atoms with E-state index in [1.54, 1.807) is 49.7 Å². The molecule has 0 aliphatic heterocycles. The molecule has 3 rings (SSSR count). The molecular formula is C16H16N6O4. The number of nitrogens with one attached hydrogen (secondary N) is 4. The summed E-state index contributed by atoms with van der Waals surface area (Å²) in [4.78, 5) is 29.5. The SMILES string of the molecule is COc1ccc(Oc2ncccc2NC(=O)NCc2n[nH]c(=O)[nH]2)cc1. The quantitative estimate of drug-likeness (QED) is 0.530. The fourth-order valence-corrected chi connectivity index (χ4v) is 2.04. The summed E-state index contributed by atoms with van der Waals surface area (Å²) < 4.78 is 10.8. The zero-order valence-corrected chi connectivity index (χ0v) is 13.8. The van der Waals surface area contributed by atoms with E-state index in [4.69, 9.17) is 9.47 Å². The molecule has 0 saturated heterocycles. The Kier molecular flexibility index (Phi) is 5.13. The fourth-order valence-electron chi connectivity index (χ4n) is 2.04. The first-order valence-corrected chi connectivity index (χ1v) is 7.59. The number of carbonyl (C=O) groups excluding carboxylic acids is 1. The van der Waals surface area contributed by atoms with Crippen LogP contribution in [0.4, 0.5) is 10.5 Å². The van der Waals surface area contributed by atoms with Crippen molar-refractivity contribution in [1.82, 2.24) is 25.5 Å². The number of anilines is 1. The molecule has 0 unspecified atom stereocenters. The van der Waals surface area contributed by atoms with Crippen LogP contribution in [0.15, 0.2) is 47.4 Å². The highest BCUT2D eigenvalue weighted by Crippen LogP contribution is 2.27. The summed E-state index contributed by atoms with van der Waals surface area (Å²) in [6.07, 6.45) is 1.55. The number of methoxy groups -OCH3 is 1. The Bertz CT molecular complexity index is 934. The van der Waals surface area contributed by atoms with Crippen LogP contribution in [-0.2, 0) is 6.54 Å². The number of hydrogen-bond acceptors (Lipinski definition) is 6. The molecule has 2 heterocycles. The van der Waals surface area contributed by atoms with Crippen molar-refractivity contribution in [1.29, 1.82) is 0 Å². The number of aromatic nitrogens is 4. The van der Waals surface area contributed by atoms with Crippen LogP contribution in [0.25, 0.3) is 0 Å². The lowest BCUT2D eigenvalue weighted by atomic mass is 10.3. The number of ether oxygens (including phenoxy) is 2. The van der Waals surface area contributed by atoms with Crippen LogP contribution in [0.2, 0.25) is 0 Å². The summed E-state index contributed by atoms with van der Waals surface area (Å²) in [5.74, 6) is 1.79. The van der Waals surface area contributed by atoms with Crippen molar-refractivity contribution in [2.75, 3.05) is 12.4 Å². The van der Waals surface area contributed by atoms with Gasteiger partial charge in [-0.1, -0.05) is 0 Å². The number of rotatable bonds is 6. The first-order valence-electron chi connectivity index (χ1n) is 7.59. The Morgan fingerprint density at radius 2 is 1.96 bits per heavy atom. The minimum Gasteiger partial charge on any atom is -0.497 e. The number of carbonyl (C=O) groups is 1. The number of urea groups is 1. The van der Waals surface area contributed by atoms with Gasteiger partial charge in [-0.3, -0.25) is 4.98 Å². The van der Waals surface area contributed by atoms with E-state index in [2.05, 4.69) is 30.8 Å². The second-order valence-corrected chi connectivity index (χ2v) is 5.07. The minimum atomic E-state index is -0.499. The van der Waals surface area contributed by atoms with Crippen LogP contribution in [-0.4, -0.2) is 33.3 Å². The fraction of sp³-hybridized carbons (Fsp3) is 0.125. The zero-order valence-electron chi connectivity index (χ0n) is 13.8. The Labute approximate surface area is 147 Å². The van der Waals surface area contributed by atoms with Crippen molar-refractivity contribution in [2.24, 2.45) is 0 Å². The van der Waals surface area contributed by atoms with E-state index >= 15 is 0 Å². The molecule has 2 amide bonds. The maximum Gasteiger partial charge on any atom is 0.340 e. The van der Waals surface area contributed by atoms with Gasteiger partial charge >= 0.3 is 11.7 Å². The van der Waals surface area contributed by atoms with E-state index < -0.39 is 11.7 Å². The highest BCUT2D eigenvalue weighted by molar-refractivity contribution is 5.90. The first kappa shape index (κ1) is 17.0. The van der Waals surface area contributed by atoms with Crippen molar-refractivity contribution >= 4 is 11.7 Å². The monoisotopic (exact) mass is 356 g/mol. The molecular weight excluding hydrogens is 340 g/mol. The van der Waals surface area contributed by atoms with Gasteiger partial charge in [-0.15, -0.1) is 0 Å². The average molecular weight is 356 g/mol. The van der Waals surface area contributed by atoms with E-state index in [0.717, 1.165) is 0 Å². The molecule has 0 atom stereocenters. The number of nitrogens with zero attached hydrogens (tertiary/aromatic N) is 2. The Balaban J connectivity index is 1.64. The largest absolute Gasteiger partial charge is 0.497 e. The molecule has 1 aromatic carbocycles. The summed E-state index contributed by atoms with van der Waals surface area (Å²) >= 11 is 0. The molecule has 134 valence electrons. The molecule has 0 aliphatic rings. The molecule has 0 spiro atoms. The Morgan fingerprint density at radius 3 is 2.65 bits per heavy atom. The standard InChI is InChI=1S/C16H16N6O4/c1-25-10-4-6-11(7-5-10)26-14-12(3-2-8-17-14)19-15(23)18-9-13-20-16(24)22-21-13/h2-8H,9H2,1H3,(H2,18,19,23)(H2,20,21,22,24). The summed E-state index contributed by atoms with van der Waals surface area (Å²) in [5, 5.41) is 11.1. The van der Waals surface area contributed by atoms with Gasteiger partial charge in [-0.25, -0.2) is 19.7 Å². The highest BCUT2D eigenvalue weighted by atomic mass is 16.5. The zero-order chi connectivity index (χ0) is 18.4. The molecule has 0 fully saturated rings. The van der Waals surface area contributed by atoms with Gasteiger partial charge in [0.15, 0.2) is 0 Å². The summed E-state index contributed by atoms with van der Waals surface area (Å²) in [6, 6.07) is 9.78. The van der Waals surface area contributed by atoms with Gasteiger partial charge in [0.1, 0.15) is 23.0 Å². The van der Waals surface area contributed by atoms with Crippen LogP contribution < -0.4 is 25.8 Å².